The minimum Gasteiger partial charge on any atom is -0.351 e. The van der Waals surface area contributed by atoms with E-state index in [4.69, 9.17) is 0 Å². The average Bonchev–Trinajstić information content (AvgIpc) is 3.15. The van der Waals surface area contributed by atoms with Crippen LogP contribution in [-0.2, 0) is 27.8 Å². The van der Waals surface area contributed by atoms with E-state index < -0.39 is 22.0 Å². The van der Waals surface area contributed by atoms with Gasteiger partial charge in [0.1, 0.15) is 16.1 Å². The summed E-state index contributed by atoms with van der Waals surface area (Å²) in [4.78, 5) is 12.8. The van der Waals surface area contributed by atoms with Crippen LogP contribution >= 0.6 is 27.3 Å². The van der Waals surface area contributed by atoms with Crippen LogP contribution < -0.4 is 10.0 Å². The summed E-state index contributed by atoms with van der Waals surface area (Å²) in [6.07, 6.45) is 0.196. The van der Waals surface area contributed by atoms with E-state index in [0.29, 0.717) is 9.35 Å². The molecule has 0 radical (unpaired) electrons. The molecule has 0 spiro atoms. The summed E-state index contributed by atoms with van der Waals surface area (Å²) in [5.74, 6) is -0.825. The van der Waals surface area contributed by atoms with Crippen molar-refractivity contribution in [3.63, 3.8) is 0 Å². The van der Waals surface area contributed by atoms with Crippen LogP contribution in [0.1, 0.15) is 11.1 Å². The third kappa shape index (κ3) is 6.20. The fourth-order valence-electron chi connectivity index (χ4n) is 2.64. The third-order valence-corrected chi connectivity index (χ3v) is 7.68. The first-order chi connectivity index (χ1) is 13.8. The smallest absolute Gasteiger partial charge is 0.250 e. The van der Waals surface area contributed by atoms with Crippen LogP contribution in [0, 0.1) is 5.82 Å². The van der Waals surface area contributed by atoms with E-state index in [1.165, 1.54) is 18.2 Å². The highest BCUT2D eigenvalue weighted by atomic mass is 79.9. The molecule has 1 amide bonds. The summed E-state index contributed by atoms with van der Waals surface area (Å²) in [6, 6.07) is 17.0. The number of nitrogens with one attached hydrogen (secondary N) is 2. The number of rotatable bonds is 8. The molecule has 0 aliphatic carbocycles. The molecule has 0 saturated carbocycles. The second-order valence-electron chi connectivity index (χ2n) is 6.27. The molecule has 2 aromatic carbocycles. The van der Waals surface area contributed by atoms with Crippen LogP contribution in [0.15, 0.2) is 74.7 Å². The van der Waals surface area contributed by atoms with Crippen molar-refractivity contribution in [2.75, 3.05) is 0 Å². The number of carbonyl (C=O) groups is 1. The highest BCUT2D eigenvalue weighted by molar-refractivity contribution is 9.11. The van der Waals surface area contributed by atoms with Gasteiger partial charge in [-0.05, 0) is 57.7 Å². The Balaban J connectivity index is 1.76. The molecule has 152 valence electrons. The van der Waals surface area contributed by atoms with Crippen LogP contribution in [-0.4, -0.2) is 20.4 Å². The van der Waals surface area contributed by atoms with E-state index in [1.807, 2.05) is 30.3 Å². The van der Waals surface area contributed by atoms with E-state index >= 15 is 0 Å². The van der Waals surface area contributed by atoms with Crippen LogP contribution in [0.2, 0.25) is 0 Å². The van der Waals surface area contributed by atoms with Crippen molar-refractivity contribution in [3.05, 3.63) is 87.5 Å². The maximum atomic E-state index is 13.0. The fraction of sp³-hybridized carbons (Fsp3) is 0.150. The Kier molecular flexibility index (Phi) is 7.18. The number of halogens is 2. The van der Waals surface area contributed by atoms with Gasteiger partial charge in [0.05, 0.1) is 3.79 Å². The van der Waals surface area contributed by atoms with Gasteiger partial charge in [-0.1, -0.05) is 42.5 Å². The molecule has 0 unspecified atom stereocenters. The summed E-state index contributed by atoms with van der Waals surface area (Å²) >= 11 is 4.31. The molecule has 3 aromatic rings. The van der Waals surface area contributed by atoms with Crippen LogP contribution in [0.5, 0.6) is 0 Å². The van der Waals surface area contributed by atoms with Crippen LogP contribution in [0.25, 0.3) is 0 Å². The largest absolute Gasteiger partial charge is 0.351 e. The van der Waals surface area contributed by atoms with Gasteiger partial charge in [0.2, 0.25) is 5.91 Å². The first-order valence-electron chi connectivity index (χ1n) is 8.67. The van der Waals surface area contributed by atoms with E-state index in [-0.39, 0.29) is 23.0 Å². The summed E-state index contributed by atoms with van der Waals surface area (Å²) in [5, 5.41) is 2.72. The first-order valence-corrected chi connectivity index (χ1v) is 11.8. The van der Waals surface area contributed by atoms with E-state index in [9.17, 15) is 17.6 Å². The molecule has 0 saturated heterocycles. The third-order valence-electron chi connectivity index (χ3n) is 4.09. The maximum absolute atomic E-state index is 13.0. The molecule has 1 aromatic heterocycles. The number of carbonyl (C=O) groups excluding carboxylic acids is 1. The Morgan fingerprint density at radius 2 is 1.69 bits per heavy atom. The van der Waals surface area contributed by atoms with Gasteiger partial charge < -0.3 is 5.32 Å². The second-order valence-corrected chi connectivity index (χ2v) is 10.7. The van der Waals surface area contributed by atoms with E-state index in [1.54, 1.807) is 18.2 Å². The number of hydrogen-bond acceptors (Lipinski definition) is 4. The molecular weight excluding hydrogens is 479 g/mol. The SMILES string of the molecule is O=C(NCc1ccc(F)cc1)[C@@H](Cc1ccccc1)NS(=O)(=O)c1ccc(Br)s1. The Labute approximate surface area is 181 Å². The minimum atomic E-state index is -3.86. The van der Waals surface area contributed by atoms with Gasteiger partial charge in [0, 0.05) is 6.54 Å². The van der Waals surface area contributed by atoms with E-state index in [0.717, 1.165) is 16.9 Å². The molecule has 29 heavy (non-hydrogen) atoms. The Morgan fingerprint density at radius 3 is 2.31 bits per heavy atom. The van der Waals surface area contributed by atoms with Crippen molar-refractivity contribution in [2.24, 2.45) is 0 Å². The summed E-state index contributed by atoms with van der Waals surface area (Å²) in [7, 11) is -3.86. The molecule has 1 atom stereocenters. The molecule has 0 aliphatic rings. The quantitative estimate of drug-likeness (QED) is 0.497. The van der Waals surface area contributed by atoms with Crippen LogP contribution in [0.3, 0.4) is 0 Å². The Hall–Kier alpha value is -2.07. The first kappa shape index (κ1) is 21.6. The number of sulfonamides is 1. The monoisotopic (exact) mass is 496 g/mol. The molecule has 2 N–H and O–H groups in total. The van der Waals surface area contributed by atoms with Crippen molar-refractivity contribution in [2.45, 2.75) is 23.2 Å². The minimum absolute atomic E-state index is 0.119. The fourth-order valence-corrected chi connectivity index (χ4v) is 5.86. The highest BCUT2D eigenvalue weighted by Gasteiger charge is 2.27. The molecule has 0 fully saturated rings. The van der Waals surface area contributed by atoms with Crippen molar-refractivity contribution in [1.29, 1.82) is 0 Å². The second kappa shape index (κ2) is 9.62. The Bertz CT molecular complexity index is 1070. The summed E-state index contributed by atoms with van der Waals surface area (Å²) in [6.45, 7) is 0.163. The molecule has 9 heteroatoms. The van der Waals surface area contributed by atoms with Crippen LogP contribution in [0.4, 0.5) is 4.39 Å². The number of thiophene rings is 1. The number of benzene rings is 2. The standard InChI is InChI=1S/C20H18BrFN2O3S2/c21-18-10-11-19(28-18)29(26,27)24-17(12-14-4-2-1-3-5-14)20(25)23-13-15-6-8-16(22)9-7-15/h1-11,17,24H,12-13H2,(H,23,25)/t17-/m1/s1. The van der Waals surface area contributed by atoms with E-state index in [2.05, 4.69) is 26.0 Å². The summed E-state index contributed by atoms with van der Waals surface area (Å²) < 4.78 is 41.8. The van der Waals surface area contributed by atoms with Gasteiger partial charge in [0.25, 0.3) is 10.0 Å². The van der Waals surface area contributed by atoms with Gasteiger partial charge >= 0.3 is 0 Å². The normalized spacial score (nSPS) is 12.5. The summed E-state index contributed by atoms with van der Waals surface area (Å²) in [5.41, 5.74) is 1.53. The van der Waals surface area contributed by atoms with Crippen molar-refractivity contribution < 1.29 is 17.6 Å². The number of hydrogen-bond donors (Lipinski definition) is 2. The molecule has 0 aliphatic heterocycles. The van der Waals surface area contributed by atoms with Gasteiger partial charge in [0.15, 0.2) is 0 Å². The predicted octanol–water partition coefficient (Wildman–Crippen LogP) is 3.86. The Morgan fingerprint density at radius 1 is 1.00 bits per heavy atom. The highest BCUT2D eigenvalue weighted by Crippen LogP contribution is 2.26. The van der Waals surface area contributed by atoms with Gasteiger partial charge in [-0.25, -0.2) is 12.8 Å². The molecule has 5 nitrogen and oxygen atoms in total. The van der Waals surface area contributed by atoms with Crippen molar-refractivity contribution >= 4 is 43.2 Å². The average molecular weight is 497 g/mol. The zero-order valence-corrected chi connectivity index (χ0v) is 18.4. The molecular formula is C20H18BrFN2O3S2. The predicted molar refractivity (Wildman–Crippen MR) is 115 cm³/mol. The lowest BCUT2D eigenvalue weighted by Crippen LogP contribution is -2.47. The van der Waals surface area contributed by atoms with Gasteiger partial charge in [-0.15, -0.1) is 11.3 Å². The maximum Gasteiger partial charge on any atom is 0.250 e. The zero-order valence-electron chi connectivity index (χ0n) is 15.1. The number of amides is 1. The molecule has 3 rings (SSSR count). The van der Waals surface area contributed by atoms with Gasteiger partial charge in [-0.3, -0.25) is 4.79 Å². The topological polar surface area (TPSA) is 75.3 Å². The molecule has 1 heterocycles. The van der Waals surface area contributed by atoms with Crippen molar-refractivity contribution in [3.8, 4) is 0 Å². The lowest BCUT2D eigenvalue weighted by atomic mass is 10.1. The lowest BCUT2D eigenvalue weighted by Gasteiger charge is -2.18. The lowest BCUT2D eigenvalue weighted by molar-refractivity contribution is -0.122. The van der Waals surface area contributed by atoms with Gasteiger partial charge in [-0.2, -0.15) is 4.72 Å². The molecule has 0 bridgehead atoms. The zero-order chi connectivity index (χ0) is 20.9. The van der Waals surface area contributed by atoms with Crippen molar-refractivity contribution in [1.82, 2.24) is 10.0 Å².